The summed E-state index contributed by atoms with van der Waals surface area (Å²) in [6.07, 6.45) is 3.82. The Kier molecular flexibility index (Phi) is 5.53. The highest BCUT2D eigenvalue weighted by atomic mass is 16.4. The summed E-state index contributed by atoms with van der Waals surface area (Å²) in [5.74, 6) is -1.10. The number of urea groups is 1. The van der Waals surface area contributed by atoms with E-state index in [1.54, 1.807) is 11.0 Å². The zero-order chi connectivity index (χ0) is 14.3. The number of carboxylic acid groups (broad SMARTS) is 1. The van der Waals surface area contributed by atoms with Gasteiger partial charge in [0.15, 0.2) is 0 Å². The molecule has 0 aliphatic carbocycles. The zero-order valence-corrected chi connectivity index (χ0v) is 10.8. The normalized spacial score (nSPS) is 9.74. The lowest BCUT2D eigenvalue weighted by Crippen LogP contribution is -2.35. The van der Waals surface area contributed by atoms with Gasteiger partial charge in [-0.05, 0) is 18.6 Å². The standard InChI is InChI=1S/C13H17N3O3/c1-3-7-16(8-4-2)13(19)15-10-5-6-11(12(17)18)14-9-10/h3,5-6,9H,1,4,7-8H2,2H3,(H,15,19)(H,17,18). The Labute approximate surface area is 111 Å². The van der Waals surface area contributed by atoms with E-state index < -0.39 is 5.97 Å². The van der Waals surface area contributed by atoms with E-state index in [2.05, 4.69) is 16.9 Å². The number of carbonyl (C=O) groups is 2. The highest BCUT2D eigenvalue weighted by Crippen LogP contribution is 2.08. The summed E-state index contributed by atoms with van der Waals surface area (Å²) in [6, 6.07) is 2.59. The van der Waals surface area contributed by atoms with Gasteiger partial charge < -0.3 is 15.3 Å². The number of carboxylic acids is 1. The average molecular weight is 263 g/mol. The lowest BCUT2D eigenvalue weighted by molar-refractivity contribution is 0.0690. The van der Waals surface area contributed by atoms with Crippen LogP contribution in [-0.2, 0) is 0 Å². The molecule has 0 aliphatic heterocycles. The molecular formula is C13H17N3O3. The topological polar surface area (TPSA) is 82.5 Å². The number of aromatic nitrogens is 1. The molecule has 1 heterocycles. The molecule has 102 valence electrons. The molecule has 1 rings (SSSR count). The van der Waals surface area contributed by atoms with E-state index >= 15 is 0 Å². The fourth-order valence-corrected chi connectivity index (χ4v) is 1.50. The van der Waals surface area contributed by atoms with Gasteiger partial charge in [-0.3, -0.25) is 0 Å². The predicted octanol–water partition coefficient (Wildman–Crippen LogP) is 2.21. The fraction of sp³-hybridized carbons (Fsp3) is 0.308. The van der Waals surface area contributed by atoms with Crippen molar-refractivity contribution in [3.8, 4) is 0 Å². The molecule has 0 bridgehead atoms. The van der Waals surface area contributed by atoms with Crippen molar-refractivity contribution < 1.29 is 14.7 Å². The number of anilines is 1. The van der Waals surface area contributed by atoms with Crippen LogP contribution in [-0.4, -0.2) is 40.1 Å². The van der Waals surface area contributed by atoms with E-state index in [4.69, 9.17) is 5.11 Å². The smallest absolute Gasteiger partial charge is 0.354 e. The monoisotopic (exact) mass is 263 g/mol. The Morgan fingerprint density at radius 3 is 2.74 bits per heavy atom. The van der Waals surface area contributed by atoms with Crippen LogP contribution >= 0.6 is 0 Å². The molecular weight excluding hydrogens is 246 g/mol. The summed E-state index contributed by atoms with van der Waals surface area (Å²) >= 11 is 0. The van der Waals surface area contributed by atoms with E-state index in [1.807, 2.05) is 6.92 Å². The molecule has 6 nitrogen and oxygen atoms in total. The van der Waals surface area contributed by atoms with Crippen molar-refractivity contribution in [3.05, 3.63) is 36.7 Å². The van der Waals surface area contributed by atoms with Crippen molar-refractivity contribution in [3.63, 3.8) is 0 Å². The second-order valence-corrected chi connectivity index (χ2v) is 3.90. The number of amides is 2. The lowest BCUT2D eigenvalue weighted by Gasteiger charge is -2.20. The molecule has 1 aromatic rings. The van der Waals surface area contributed by atoms with Gasteiger partial charge in [-0.2, -0.15) is 0 Å². The maximum Gasteiger partial charge on any atom is 0.354 e. The number of carbonyl (C=O) groups excluding carboxylic acids is 1. The highest BCUT2D eigenvalue weighted by molar-refractivity contribution is 5.90. The third kappa shape index (κ3) is 4.42. The molecule has 0 radical (unpaired) electrons. The molecule has 2 N–H and O–H groups in total. The molecule has 0 unspecified atom stereocenters. The minimum Gasteiger partial charge on any atom is -0.477 e. The molecule has 0 atom stereocenters. The molecule has 6 heteroatoms. The number of hydrogen-bond donors (Lipinski definition) is 2. The first-order chi connectivity index (χ1) is 9.08. The van der Waals surface area contributed by atoms with Crippen LogP contribution in [0.25, 0.3) is 0 Å². The Bertz CT molecular complexity index is 457. The summed E-state index contributed by atoms with van der Waals surface area (Å²) in [6.45, 7) is 6.66. The van der Waals surface area contributed by atoms with E-state index in [0.29, 0.717) is 18.8 Å². The molecule has 0 saturated carbocycles. The number of rotatable bonds is 6. The fourth-order valence-electron chi connectivity index (χ4n) is 1.50. The minimum atomic E-state index is -1.10. The Morgan fingerprint density at radius 1 is 1.53 bits per heavy atom. The van der Waals surface area contributed by atoms with Gasteiger partial charge in [0.1, 0.15) is 5.69 Å². The number of pyridine rings is 1. The van der Waals surface area contributed by atoms with Crippen LogP contribution in [0.1, 0.15) is 23.8 Å². The van der Waals surface area contributed by atoms with E-state index in [0.717, 1.165) is 6.42 Å². The first-order valence-electron chi connectivity index (χ1n) is 5.94. The molecule has 0 fully saturated rings. The average Bonchev–Trinajstić information content (AvgIpc) is 2.39. The largest absolute Gasteiger partial charge is 0.477 e. The van der Waals surface area contributed by atoms with Crippen LogP contribution in [0.3, 0.4) is 0 Å². The first-order valence-corrected chi connectivity index (χ1v) is 5.94. The van der Waals surface area contributed by atoms with Crippen LogP contribution in [0.2, 0.25) is 0 Å². The van der Waals surface area contributed by atoms with Crippen molar-refractivity contribution in [1.82, 2.24) is 9.88 Å². The number of nitrogens with zero attached hydrogens (tertiary/aromatic N) is 2. The Morgan fingerprint density at radius 2 is 2.26 bits per heavy atom. The number of hydrogen-bond acceptors (Lipinski definition) is 3. The number of nitrogens with one attached hydrogen (secondary N) is 1. The summed E-state index contributed by atoms with van der Waals surface area (Å²) < 4.78 is 0. The molecule has 1 aromatic heterocycles. The predicted molar refractivity (Wildman–Crippen MR) is 72.3 cm³/mol. The van der Waals surface area contributed by atoms with Crippen LogP contribution in [0.4, 0.5) is 10.5 Å². The maximum absolute atomic E-state index is 11.9. The summed E-state index contributed by atoms with van der Waals surface area (Å²) in [5, 5.41) is 11.4. The van der Waals surface area contributed by atoms with E-state index in [1.165, 1.54) is 18.3 Å². The van der Waals surface area contributed by atoms with Crippen molar-refractivity contribution in [2.24, 2.45) is 0 Å². The quantitative estimate of drug-likeness (QED) is 0.771. The molecule has 2 amide bonds. The van der Waals surface area contributed by atoms with Gasteiger partial charge >= 0.3 is 12.0 Å². The van der Waals surface area contributed by atoms with Gasteiger partial charge in [-0.15, -0.1) is 6.58 Å². The SMILES string of the molecule is C=CCN(CCC)C(=O)Nc1ccc(C(=O)O)nc1. The van der Waals surface area contributed by atoms with Gasteiger partial charge in [-0.25, -0.2) is 14.6 Å². The molecule has 0 aromatic carbocycles. The van der Waals surface area contributed by atoms with Crippen molar-refractivity contribution >= 4 is 17.7 Å². The Hall–Kier alpha value is -2.37. The summed E-state index contributed by atoms with van der Waals surface area (Å²) in [4.78, 5) is 27.9. The molecule has 0 spiro atoms. The second kappa shape index (κ2) is 7.15. The van der Waals surface area contributed by atoms with Crippen LogP contribution in [0.15, 0.2) is 31.0 Å². The lowest BCUT2D eigenvalue weighted by atomic mass is 10.3. The van der Waals surface area contributed by atoms with Gasteiger partial charge in [0, 0.05) is 13.1 Å². The first kappa shape index (κ1) is 14.7. The molecule has 0 saturated heterocycles. The Balaban J connectivity index is 2.69. The third-order valence-electron chi connectivity index (χ3n) is 2.36. The highest BCUT2D eigenvalue weighted by Gasteiger charge is 2.11. The third-order valence-corrected chi connectivity index (χ3v) is 2.36. The van der Waals surface area contributed by atoms with Gasteiger partial charge in [0.05, 0.1) is 11.9 Å². The van der Waals surface area contributed by atoms with Gasteiger partial charge in [-0.1, -0.05) is 13.0 Å². The molecule has 0 aliphatic rings. The number of aromatic carboxylic acids is 1. The minimum absolute atomic E-state index is 0.0606. The van der Waals surface area contributed by atoms with Crippen molar-refractivity contribution in [1.29, 1.82) is 0 Å². The van der Waals surface area contributed by atoms with E-state index in [9.17, 15) is 9.59 Å². The van der Waals surface area contributed by atoms with Crippen molar-refractivity contribution in [2.75, 3.05) is 18.4 Å². The van der Waals surface area contributed by atoms with Crippen LogP contribution < -0.4 is 5.32 Å². The summed E-state index contributed by atoms with van der Waals surface area (Å²) in [5.41, 5.74) is 0.398. The maximum atomic E-state index is 11.9. The second-order valence-electron chi connectivity index (χ2n) is 3.90. The van der Waals surface area contributed by atoms with Gasteiger partial charge in [0.2, 0.25) is 0 Å². The van der Waals surface area contributed by atoms with E-state index in [-0.39, 0.29) is 11.7 Å². The summed E-state index contributed by atoms with van der Waals surface area (Å²) in [7, 11) is 0. The van der Waals surface area contributed by atoms with Crippen LogP contribution in [0, 0.1) is 0 Å². The van der Waals surface area contributed by atoms with Crippen molar-refractivity contribution in [2.45, 2.75) is 13.3 Å². The molecule has 19 heavy (non-hydrogen) atoms. The zero-order valence-electron chi connectivity index (χ0n) is 10.8. The van der Waals surface area contributed by atoms with Crippen LogP contribution in [0.5, 0.6) is 0 Å². The van der Waals surface area contributed by atoms with Gasteiger partial charge in [0.25, 0.3) is 0 Å².